The van der Waals surface area contributed by atoms with Gasteiger partial charge in [-0.2, -0.15) is 0 Å². The van der Waals surface area contributed by atoms with E-state index < -0.39 is 5.97 Å². The summed E-state index contributed by atoms with van der Waals surface area (Å²) in [7, 11) is 1.92. The van der Waals surface area contributed by atoms with Crippen LogP contribution >= 0.6 is 0 Å². The smallest absolute Gasteiger partial charge is 0.303 e. The molecule has 0 amide bonds. The predicted octanol–water partition coefficient (Wildman–Crippen LogP) is 3.40. The Morgan fingerprint density at radius 2 is 1.89 bits per heavy atom. The zero-order valence-corrected chi connectivity index (χ0v) is 12.1. The molecule has 0 radical (unpaired) electrons. The van der Waals surface area contributed by atoms with Crippen molar-refractivity contribution < 1.29 is 9.90 Å². The molecule has 0 saturated heterocycles. The first-order valence-electron chi connectivity index (χ1n) is 7.00. The van der Waals surface area contributed by atoms with Gasteiger partial charge in [0.25, 0.3) is 0 Å². The summed E-state index contributed by atoms with van der Waals surface area (Å²) in [6.07, 6.45) is 2.90. The molecule has 3 nitrogen and oxygen atoms in total. The van der Waals surface area contributed by atoms with Crippen molar-refractivity contribution in [3.05, 3.63) is 35.4 Å². The number of carboxylic acids is 1. The highest BCUT2D eigenvalue weighted by atomic mass is 16.4. The van der Waals surface area contributed by atoms with Gasteiger partial charge in [0.2, 0.25) is 0 Å². The fourth-order valence-electron chi connectivity index (χ4n) is 2.29. The maximum absolute atomic E-state index is 10.5. The van der Waals surface area contributed by atoms with Crippen LogP contribution in [-0.4, -0.2) is 18.1 Å². The molecule has 1 rings (SSSR count). The molecular formula is C16H25NO2. The molecule has 1 atom stereocenters. The molecule has 0 aromatic heterocycles. The highest BCUT2D eigenvalue weighted by Crippen LogP contribution is 2.20. The Bertz CT molecular complexity index is 384. The Morgan fingerprint density at radius 1 is 1.26 bits per heavy atom. The third-order valence-corrected chi connectivity index (χ3v) is 3.26. The van der Waals surface area contributed by atoms with Crippen molar-refractivity contribution in [1.29, 1.82) is 0 Å². The average Bonchev–Trinajstić information content (AvgIpc) is 2.35. The highest BCUT2D eigenvalue weighted by molar-refractivity contribution is 5.66. The summed E-state index contributed by atoms with van der Waals surface area (Å²) >= 11 is 0. The number of nitrogens with one attached hydrogen (secondary N) is 1. The lowest BCUT2D eigenvalue weighted by Gasteiger charge is -2.17. The molecule has 0 spiro atoms. The Kier molecular flexibility index (Phi) is 6.57. The molecule has 1 aromatic rings. The third-order valence-electron chi connectivity index (χ3n) is 3.26. The van der Waals surface area contributed by atoms with E-state index in [-0.39, 0.29) is 12.5 Å². The summed E-state index contributed by atoms with van der Waals surface area (Å²) in [4.78, 5) is 10.5. The number of aliphatic carboxylic acids is 1. The second kappa shape index (κ2) is 7.95. The van der Waals surface area contributed by atoms with E-state index in [2.05, 4.69) is 43.4 Å². The van der Waals surface area contributed by atoms with Crippen molar-refractivity contribution in [2.75, 3.05) is 7.05 Å². The molecule has 0 fully saturated rings. The number of carbonyl (C=O) groups is 1. The molecular weight excluding hydrogens is 238 g/mol. The quantitative estimate of drug-likeness (QED) is 0.755. The normalized spacial score (nSPS) is 12.6. The largest absolute Gasteiger partial charge is 0.481 e. The minimum Gasteiger partial charge on any atom is -0.481 e. The molecule has 0 aliphatic heterocycles. The van der Waals surface area contributed by atoms with Gasteiger partial charge in [0.05, 0.1) is 0 Å². The van der Waals surface area contributed by atoms with Gasteiger partial charge in [0.1, 0.15) is 0 Å². The fraction of sp³-hybridized carbons (Fsp3) is 0.562. The van der Waals surface area contributed by atoms with Gasteiger partial charge in [0, 0.05) is 12.5 Å². The number of hydrogen-bond acceptors (Lipinski definition) is 2. The zero-order valence-electron chi connectivity index (χ0n) is 12.1. The second-order valence-corrected chi connectivity index (χ2v) is 5.47. The average molecular weight is 263 g/mol. The van der Waals surface area contributed by atoms with Gasteiger partial charge in [0.15, 0.2) is 0 Å². The Labute approximate surface area is 116 Å². The van der Waals surface area contributed by atoms with Crippen LogP contribution < -0.4 is 5.32 Å². The summed E-state index contributed by atoms with van der Waals surface area (Å²) in [6.45, 7) is 4.44. The van der Waals surface area contributed by atoms with Crippen LogP contribution in [0.5, 0.6) is 0 Å². The summed E-state index contributed by atoms with van der Waals surface area (Å²) in [5, 5.41) is 11.9. The van der Waals surface area contributed by atoms with E-state index in [1.54, 1.807) is 0 Å². The van der Waals surface area contributed by atoms with Crippen LogP contribution in [0, 0.1) is 5.92 Å². The van der Waals surface area contributed by atoms with Crippen LogP contribution in [0.25, 0.3) is 0 Å². The molecule has 2 N–H and O–H groups in total. The van der Waals surface area contributed by atoms with Crippen LogP contribution in [0.2, 0.25) is 0 Å². The molecule has 0 aliphatic carbocycles. The van der Waals surface area contributed by atoms with Crippen molar-refractivity contribution >= 4 is 5.97 Å². The summed E-state index contributed by atoms with van der Waals surface area (Å²) < 4.78 is 0. The van der Waals surface area contributed by atoms with Crippen molar-refractivity contribution in [1.82, 2.24) is 5.32 Å². The van der Waals surface area contributed by atoms with E-state index in [4.69, 9.17) is 5.11 Å². The van der Waals surface area contributed by atoms with Crippen LogP contribution in [0.1, 0.15) is 50.3 Å². The topological polar surface area (TPSA) is 49.3 Å². The maximum atomic E-state index is 10.5. The van der Waals surface area contributed by atoms with Crippen molar-refractivity contribution in [2.45, 2.75) is 45.6 Å². The van der Waals surface area contributed by atoms with Gasteiger partial charge in [-0.25, -0.2) is 0 Å². The first-order valence-corrected chi connectivity index (χ1v) is 7.00. The minimum absolute atomic E-state index is 0.240. The predicted molar refractivity (Wildman–Crippen MR) is 78.3 cm³/mol. The van der Waals surface area contributed by atoms with Crippen LogP contribution in [0.4, 0.5) is 0 Å². The lowest BCUT2D eigenvalue weighted by molar-refractivity contribution is -0.137. The highest BCUT2D eigenvalue weighted by Gasteiger charge is 2.10. The SMILES string of the molecule is CNC(CCCC(=O)O)c1ccc(CC(C)C)cc1. The van der Waals surface area contributed by atoms with Crippen molar-refractivity contribution in [3.8, 4) is 0 Å². The van der Waals surface area contributed by atoms with Gasteiger partial charge in [-0.3, -0.25) is 4.79 Å². The number of hydrogen-bond donors (Lipinski definition) is 2. The molecule has 19 heavy (non-hydrogen) atoms. The first-order chi connectivity index (χ1) is 9.02. The molecule has 106 valence electrons. The number of carboxylic acid groups (broad SMARTS) is 1. The fourth-order valence-corrected chi connectivity index (χ4v) is 2.29. The van der Waals surface area contributed by atoms with Gasteiger partial charge in [-0.1, -0.05) is 38.1 Å². The second-order valence-electron chi connectivity index (χ2n) is 5.47. The van der Waals surface area contributed by atoms with Gasteiger partial charge < -0.3 is 10.4 Å². The molecule has 1 aromatic carbocycles. The first kappa shape index (κ1) is 15.7. The Balaban J connectivity index is 2.58. The monoisotopic (exact) mass is 263 g/mol. The lowest BCUT2D eigenvalue weighted by atomic mass is 9.97. The van der Waals surface area contributed by atoms with Gasteiger partial charge in [-0.15, -0.1) is 0 Å². The minimum atomic E-state index is -0.720. The molecule has 0 bridgehead atoms. The molecule has 0 heterocycles. The van der Waals surface area contributed by atoms with E-state index in [0.717, 1.165) is 12.8 Å². The van der Waals surface area contributed by atoms with E-state index in [1.807, 2.05) is 7.05 Å². The lowest BCUT2D eigenvalue weighted by Crippen LogP contribution is -2.16. The van der Waals surface area contributed by atoms with Crippen LogP contribution in [0.3, 0.4) is 0 Å². The Morgan fingerprint density at radius 3 is 2.37 bits per heavy atom. The summed E-state index contributed by atoms with van der Waals surface area (Å²) in [5.74, 6) is -0.0522. The van der Waals surface area contributed by atoms with Crippen molar-refractivity contribution in [3.63, 3.8) is 0 Å². The third kappa shape index (κ3) is 5.88. The summed E-state index contributed by atoms with van der Waals surface area (Å²) in [5.41, 5.74) is 2.60. The van der Waals surface area contributed by atoms with E-state index in [1.165, 1.54) is 11.1 Å². The van der Waals surface area contributed by atoms with E-state index in [0.29, 0.717) is 12.3 Å². The molecule has 1 unspecified atom stereocenters. The summed E-state index contributed by atoms with van der Waals surface area (Å²) in [6, 6.07) is 8.90. The zero-order chi connectivity index (χ0) is 14.3. The van der Waals surface area contributed by atoms with Gasteiger partial charge >= 0.3 is 5.97 Å². The maximum Gasteiger partial charge on any atom is 0.303 e. The van der Waals surface area contributed by atoms with Crippen LogP contribution in [-0.2, 0) is 11.2 Å². The molecule has 0 aliphatic rings. The number of rotatable bonds is 8. The van der Waals surface area contributed by atoms with Crippen LogP contribution in [0.15, 0.2) is 24.3 Å². The van der Waals surface area contributed by atoms with Gasteiger partial charge in [-0.05, 0) is 43.4 Å². The van der Waals surface area contributed by atoms with E-state index in [9.17, 15) is 4.79 Å². The molecule has 0 saturated carbocycles. The molecule has 3 heteroatoms. The Hall–Kier alpha value is -1.35. The van der Waals surface area contributed by atoms with E-state index >= 15 is 0 Å². The standard InChI is InChI=1S/C16H25NO2/c1-12(2)11-13-7-9-14(10-8-13)15(17-3)5-4-6-16(18)19/h7-10,12,15,17H,4-6,11H2,1-3H3,(H,18,19). The number of benzene rings is 1. The van der Waals surface area contributed by atoms with Crippen molar-refractivity contribution in [2.24, 2.45) is 5.92 Å².